The average molecular weight is 436 g/mol. The van der Waals surface area contributed by atoms with Crippen LogP contribution >= 0.6 is 0 Å². The molecule has 0 bridgehead atoms. The first-order valence-corrected chi connectivity index (χ1v) is 8.80. The summed E-state index contributed by atoms with van der Waals surface area (Å²) in [5.41, 5.74) is 0. The third kappa shape index (κ3) is 10.2. The Kier molecular flexibility index (Phi) is 12.3. The van der Waals surface area contributed by atoms with E-state index in [2.05, 4.69) is 0 Å². The van der Waals surface area contributed by atoms with E-state index in [0.29, 0.717) is 0 Å². The number of methoxy groups -OCH3 is 2. The lowest BCUT2D eigenvalue weighted by molar-refractivity contribution is -0.239. The Morgan fingerprint density at radius 3 is 1.33 bits per heavy atom. The highest BCUT2D eigenvalue weighted by Gasteiger charge is 2.47. The lowest BCUT2D eigenvalue weighted by Gasteiger charge is -2.37. The highest BCUT2D eigenvalue weighted by molar-refractivity contribution is 5.69. The molecule has 0 fully saturated rings. The Morgan fingerprint density at radius 1 is 0.567 bits per heavy atom. The fourth-order valence-corrected chi connectivity index (χ4v) is 2.50. The maximum Gasteiger partial charge on any atom is 0.303 e. The maximum absolute atomic E-state index is 11.8. The number of carbonyl (C=O) groups is 5. The van der Waals surface area contributed by atoms with Gasteiger partial charge >= 0.3 is 29.8 Å². The summed E-state index contributed by atoms with van der Waals surface area (Å²) in [6.07, 6.45) is -7.22. The van der Waals surface area contributed by atoms with E-state index < -0.39 is 67.2 Å². The number of ether oxygens (including phenoxy) is 7. The second kappa shape index (κ2) is 13.5. The minimum absolute atomic E-state index is 0.540. The Bertz CT molecular complexity index is 612. The molecule has 0 radical (unpaired) electrons. The average Bonchev–Trinajstić information content (AvgIpc) is 2.60. The largest absolute Gasteiger partial charge is 0.462 e. The molecule has 0 aliphatic rings. The molecule has 0 saturated carbocycles. The molecular formula is C18H28O12. The van der Waals surface area contributed by atoms with Crippen LogP contribution in [0, 0.1) is 0 Å². The van der Waals surface area contributed by atoms with Gasteiger partial charge in [0.15, 0.2) is 30.7 Å². The zero-order chi connectivity index (χ0) is 23.4. The van der Waals surface area contributed by atoms with Gasteiger partial charge in [-0.25, -0.2) is 0 Å². The minimum atomic E-state index is -1.56. The van der Waals surface area contributed by atoms with Gasteiger partial charge < -0.3 is 33.2 Å². The Labute approximate surface area is 174 Å². The van der Waals surface area contributed by atoms with Gasteiger partial charge in [0.05, 0.1) is 0 Å². The van der Waals surface area contributed by atoms with Gasteiger partial charge in [0.1, 0.15) is 6.61 Å². The van der Waals surface area contributed by atoms with Crippen molar-refractivity contribution in [1.29, 1.82) is 0 Å². The van der Waals surface area contributed by atoms with Crippen molar-refractivity contribution in [3.63, 3.8) is 0 Å². The highest BCUT2D eigenvalue weighted by atomic mass is 16.7. The fourth-order valence-electron chi connectivity index (χ4n) is 2.50. The van der Waals surface area contributed by atoms with E-state index in [-0.39, 0.29) is 0 Å². The van der Waals surface area contributed by atoms with Crippen LogP contribution in [0.2, 0.25) is 0 Å². The van der Waals surface area contributed by atoms with Gasteiger partial charge in [-0.3, -0.25) is 24.0 Å². The first-order valence-electron chi connectivity index (χ1n) is 8.80. The van der Waals surface area contributed by atoms with Crippen LogP contribution in [0.25, 0.3) is 0 Å². The van der Waals surface area contributed by atoms with E-state index >= 15 is 0 Å². The predicted octanol–water partition coefficient (Wildman–Crippen LogP) is -0.105. The van der Waals surface area contributed by atoms with Crippen molar-refractivity contribution >= 4 is 29.8 Å². The third-order valence-corrected chi connectivity index (χ3v) is 3.42. The molecule has 0 aromatic carbocycles. The molecule has 4 atom stereocenters. The molecule has 12 heteroatoms. The number of rotatable bonds is 12. The van der Waals surface area contributed by atoms with Gasteiger partial charge in [-0.05, 0) is 0 Å². The normalized spacial score (nSPS) is 14.7. The number of esters is 5. The van der Waals surface area contributed by atoms with Crippen LogP contribution in [0.1, 0.15) is 34.6 Å². The lowest BCUT2D eigenvalue weighted by atomic mass is 10.0. The summed E-state index contributed by atoms with van der Waals surface area (Å²) in [7, 11) is 2.47. The van der Waals surface area contributed by atoms with E-state index in [0.717, 1.165) is 34.6 Å². The van der Waals surface area contributed by atoms with Crippen LogP contribution in [-0.2, 0) is 57.1 Å². The van der Waals surface area contributed by atoms with Gasteiger partial charge in [-0.2, -0.15) is 0 Å². The quantitative estimate of drug-likeness (QED) is 0.228. The summed E-state index contributed by atoms with van der Waals surface area (Å²) in [4.78, 5) is 58.0. The summed E-state index contributed by atoms with van der Waals surface area (Å²) in [5.74, 6) is -3.98. The van der Waals surface area contributed by atoms with Crippen molar-refractivity contribution in [3.05, 3.63) is 0 Å². The minimum Gasteiger partial charge on any atom is -0.462 e. The monoisotopic (exact) mass is 436 g/mol. The zero-order valence-corrected chi connectivity index (χ0v) is 18.0. The van der Waals surface area contributed by atoms with Crippen LogP contribution < -0.4 is 0 Å². The van der Waals surface area contributed by atoms with Crippen LogP contribution in [0.5, 0.6) is 0 Å². The van der Waals surface area contributed by atoms with Gasteiger partial charge in [-0.15, -0.1) is 0 Å². The van der Waals surface area contributed by atoms with Crippen molar-refractivity contribution in [2.45, 2.75) is 65.3 Å². The molecule has 0 amide bonds. The van der Waals surface area contributed by atoms with Crippen molar-refractivity contribution in [3.8, 4) is 0 Å². The van der Waals surface area contributed by atoms with E-state index in [1.54, 1.807) is 0 Å². The molecular weight excluding hydrogens is 408 g/mol. The summed E-state index contributed by atoms with van der Waals surface area (Å²) in [6.45, 7) is 4.85. The second-order valence-corrected chi connectivity index (χ2v) is 6.01. The molecule has 0 aliphatic carbocycles. The van der Waals surface area contributed by atoms with Crippen LogP contribution in [-0.4, -0.2) is 81.4 Å². The van der Waals surface area contributed by atoms with E-state index in [1.807, 2.05) is 0 Å². The Balaban J connectivity index is 6.37. The third-order valence-electron chi connectivity index (χ3n) is 3.42. The molecule has 0 N–H and O–H groups in total. The van der Waals surface area contributed by atoms with Crippen LogP contribution in [0.4, 0.5) is 0 Å². The topological polar surface area (TPSA) is 150 Å². The molecule has 0 spiro atoms. The summed E-state index contributed by atoms with van der Waals surface area (Å²) < 4.78 is 35.9. The molecule has 0 saturated heterocycles. The molecule has 30 heavy (non-hydrogen) atoms. The van der Waals surface area contributed by atoms with Crippen molar-refractivity contribution in [1.82, 2.24) is 0 Å². The van der Waals surface area contributed by atoms with Gasteiger partial charge in [0.25, 0.3) is 0 Å². The molecule has 0 aromatic heterocycles. The predicted molar refractivity (Wildman–Crippen MR) is 96.7 cm³/mol. The molecule has 0 aromatic rings. The Morgan fingerprint density at radius 2 is 0.967 bits per heavy atom. The maximum atomic E-state index is 11.8. The SMILES string of the molecule is COC(OC)[C@@H](OC(C)=O)[C@@H](OC(C)=O)[C@H](OC(C)=O)[C@@H](COC(C)=O)OC(C)=O. The van der Waals surface area contributed by atoms with Gasteiger partial charge in [0, 0.05) is 48.8 Å². The summed E-state index contributed by atoms with van der Waals surface area (Å²) >= 11 is 0. The molecule has 0 heterocycles. The fraction of sp³-hybridized carbons (Fsp3) is 0.722. The highest BCUT2D eigenvalue weighted by Crippen LogP contribution is 2.23. The Hall–Kier alpha value is -2.73. The standard InChI is InChI=1S/C18H28O12/c1-9(19)26-8-14(27-10(2)20)15(28-11(3)21)16(29-12(4)22)17(30-13(5)23)18(24-6)25-7/h14-18H,8H2,1-7H3/t14-,15-,16+,17+/m1/s1. The van der Waals surface area contributed by atoms with Crippen LogP contribution in [0.15, 0.2) is 0 Å². The van der Waals surface area contributed by atoms with E-state index in [9.17, 15) is 24.0 Å². The first-order chi connectivity index (χ1) is 13.9. The molecule has 0 rings (SSSR count). The number of carbonyl (C=O) groups excluding carboxylic acids is 5. The molecule has 12 nitrogen and oxygen atoms in total. The number of hydrogen-bond acceptors (Lipinski definition) is 12. The second-order valence-electron chi connectivity index (χ2n) is 6.01. The zero-order valence-electron chi connectivity index (χ0n) is 18.0. The van der Waals surface area contributed by atoms with Crippen LogP contribution in [0.3, 0.4) is 0 Å². The molecule has 0 unspecified atom stereocenters. The van der Waals surface area contributed by atoms with Crippen molar-refractivity contribution in [2.75, 3.05) is 20.8 Å². The first kappa shape index (κ1) is 27.3. The smallest absolute Gasteiger partial charge is 0.303 e. The molecule has 0 aliphatic heterocycles. The molecule has 172 valence electrons. The van der Waals surface area contributed by atoms with Crippen molar-refractivity contribution < 1.29 is 57.1 Å². The van der Waals surface area contributed by atoms with Crippen molar-refractivity contribution in [2.24, 2.45) is 0 Å². The van der Waals surface area contributed by atoms with E-state index in [4.69, 9.17) is 33.2 Å². The van der Waals surface area contributed by atoms with Gasteiger partial charge in [-0.1, -0.05) is 0 Å². The van der Waals surface area contributed by atoms with Gasteiger partial charge in [0.2, 0.25) is 0 Å². The van der Waals surface area contributed by atoms with E-state index in [1.165, 1.54) is 14.2 Å². The number of hydrogen-bond donors (Lipinski definition) is 0. The summed E-state index contributed by atoms with van der Waals surface area (Å²) in [6, 6.07) is 0. The lowest BCUT2D eigenvalue weighted by Crippen LogP contribution is -2.56. The summed E-state index contributed by atoms with van der Waals surface area (Å²) in [5, 5.41) is 0.